The van der Waals surface area contributed by atoms with Crippen molar-refractivity contribution in [3.8, 4) is 0 Å². The van der Waals surface area contributed by atoms with Crippen LogP contribution in [0, 0.1) is 0 Å². The third-order valence-electron chi connectivity index (χ3n) is 4.33. The largest absolute Gasteiger partial charge is 0.469 e. The van der Waals surface area contributed by atoms with Gasteiger partial charge in [0.25, 0.3) is 5.91 Å². The summed E-state index contributed by atoms with van der Waals surface area (Å²) >= 11 is 0. The van der Waals surface area contributed by atoms with Gasteiger partial charge in [-0.25, -0.2) is 5.01 Å². The maximum Gasteiger partial charge on any atom is 0.307 e. The number of hydrogen-bond donors (Lipinski definition) is 1. The Labute approximate surface area is 151 Å². The number of carbonyl (C=O) groups is 2. The molecule has 0 saturated heterocycles. The summed E-state index contributed by atoms with van der Waals surface area (Å²) in [6, 6.07) is 17.3. The lowest BCUT2D eigenvalue weighted by molar-refractivity contribution is -0.143. The number of hydrazone groups is 1. The number of esters is 1. The molecule has 0 unspecified atom stereocenters. The lowest BCUT2D eigenvalue weighted by Gasteiger charge is -2.35. The number of benzene rings is 2. The average Bonchev–Trinajstić information content (AvgIpc) is 2.70. The average molecular weight is 352 g/mol. The Morgan fingerprint density at radius 3 is 2.35 bits per heavy atom. The van der Waals surface area contributed by atoms with Gasteiger partial charge >= 0.3 is 5.97 Å². The van der Waals surface area contributed by atoms with Gasteiger partial charge in [0.1, 0.15) is 0 Å². The highest BCUT2D eigenvalue weighted by Gasteiger charge is 2.37. The number of aliphatic hydroxyl groups excluding tert-OH is 1. The molecule has 0 radical (unpaired) electrons. The molecule has 0 aromatic heterocycles. The Kier molecular flexibility index (Phi) is 5.43. The number of ether oxygens (including phenoxy) is 1. The van der Waals surface area contributed by atoms with Crippen molar-refractivity contribution in [1.29, 1.82) is 0 Å². The van der Waals surface area contributed by atoms with Crippen molar-refractivity contribution in [2.75, 3.05) is 7.11 Å². The van der Waals surface area contributed by atoms with E-state index in [1.807, 2.05) is 36.4 Å². The molecule has 1 amide bonds. The molecule has 6 nitrogen and oxygen atoms in total. The molecule has 26 heavy (non-hydrogen) atoms. The van der Waals surface area contributed by atoms with Crippen molar-refractivity contribution in [3.63, 3.8) is 0 Å². The molecule has 1 heterocycles. The first-order valence-electron chi connectivity index (χ1n) is 8.36. The van der Waals surface area contributed by atoms with Crippen molar-refractivity contribution in [2.24, 2.45) is 5.10 Å². The third kappa shape index (κ3) is 3.81. The van der Waals surface area contributed by atoms with Crippen molar-refractivity contribution in [3.05, 3.63) is 71.8 Å². The van der Waals surface area contributed by atoms with E-state index in [2.05, 4.69) is 5.10 Å². The minimum atomic E-state index is -0.922. The van der Waals surface area contributed by atoms with Gasteiger partial charge in [0.15, 0.2) is 0 Å². The molecule has 0 fully saturated rings. The fourth-order valence-corrected chi connectivity index (χ4v) is 2.93. The normalized spacial score (nSPS) is 19.6. The SMILES string of the molecule is COC(=O)C[C@@H]1[C@H](O)CC(c2ccccc2)=NN1C(=O)c1ccccc1. The zero-order valence-corrected chi connectivity index (χ0v) is 14.4. The van der Waals surface area contributed by atoms with Gasteiger partial charge in [-0.2, -0.15) is 5.10 Å². The molecule has 1 aliphatic rings. The molecule has 6 heteroatoms. The summed E-state index contributed by atoms with van der Waals surface area (Å²) in [5.41, 5.74) is 1.87. The molecular weight excluding hydrogens is 332 g/mol. The number of nitrogens with zero attached hydrogens (tertiary/aromatic N) is 2. The van der Waals surface area contributed by atoms with Crippen molar-refractivity contribution in [1.82, 2.24) is 5.01 Å². The van der Waals surface area contributed by atoms with Crippen LogP contribution in [0.4, 0.5) is 0 Å². The second-order valence-corrected chi connectivity index (χ2v) is 6.05. The Bertz CT molecular complexity index is 805. The molecule has 0 aliphatic carbocycles. The van der Waals surface area contributed by atoms with Gasteiger partial charge < -0.3 is 9.84 Å². The lowest BCUT2D eigenvalue weighted by Crippen LogP contribution is -2.50. The molecular formula is C20H20N2O4. The zero-order chi connectivity index (χ0) is 18.5. The van der Waals surface area contributed by atoms with Crippen LogP contribution in [-0.4, -0.2) is 47.0 Å². The second-order valence-electron chi connectivity index (χ2n) is 6.05. The van der Waals surface area contributed by atoms with Crippen LogP contribution in [0.3, 0.4) is 0 Å². The van der Waals surface area contributed by atoms with Crippen LogP contribution in [0.25, 0.3) is 0 Å². The van der Waals surface area contributed by atoms with Crippen molar-refractivity contribution < 1.29 is 19.4 Å². The molecule has 0 saturated carbocycles. The monoisotopic (exact) mass is 352 g/mol. The highest BCUT2D eigenvalue weighted by atomic mass is 16.5. The van der Waals surface area contributed by atoms with Crippen molar-refractivity contribution >= 4 is 17.6 Å². The van der Waals surface area contributed by atoms with Gasteiger partial charge in [0, 0.05) is 12.0 Å². The van der Waals surface area contributed by atoms with Crippen LogP contribution in [0.5, 0.6) is 0 Å². The molecule has 0 spiro atoms. The van der Waals surface area contributed by atoms with Crippen LogP contribution in [-0.2, 0) is 9.53 Å². The smallest absolute Gasteiger partial charge is 0.307 e. The summed E-state index contributed by atoms with van der Waals surface area (Å²) in [4.78, 5) is 24.7. The summed E-state index contributed by atoms with van der Waals surface area (Å²) in [6.07, 6.45) is -0.791. The number of rotatable bonds is 4. The van der Waals surface area contributed by atoms with Gasteiger partial charge in [-0.05, 0) is 17.7 Å². The van der Waals surface area contributed by atoms with Crippen LogP contribution >= 0.6 is 0 Å². The van der Waals surface area contributed by atoms with Gasteiger partial charge in [-0.3, -0.25) is 9.59 Å². The van der Waals surface area contributed by atoms with Gasteiger partial charge in [0.05, 0.1) is 31.4 Å². The van der Waals surface area contributed by atoms with E-state index in [4.69, 9.17) is 4.74 Å². The minimum Gasteiger partial charge on any atom is -0.469 e. The number of aliphatic hydroxyl groups is 1. The molecule has 134 valence electrons. The van der Waals surface area contributed by atoms with E-state index < -0.39 is 18.1 Å². The van der Waals surface area contributed by atoms with E-state index in [9.17, 15) is 14.7 Å². The Balaban J connectivity index is 1.99. The molecule has 2 aromatic carbocycles. The number of carbonyl (C=O) groups excluding carboxylic acids is 2. The molecule has 2 atom stereocenters. The summed E-state index contributed by atoms with van der Waals surface area (Å²) in [5.74, 6) is -0.870. The number of methoxy groups -OCH3 is 1. The second kappa shape index (κ2) is 7.93. The van der Waals surface area contributed by atoms with Crippen molar-refractivity contribution in [2.45, 2.75) is 25.0 Å². The molecule has 2 aromatic rings. The number of amides is 1. The first kappa shape index (κ1) is 17.8. The van der Waals surface area contributed by atoms with E-state index >= 15 is 0 Å². The summed E-state index contributed by atoms with van der Waals surface area (Å²) in [6.45, 7) is 0. The molecule has 1 N–H and O–H groups in total. The van der Waals surface area contributed by atoms with Gasteiger partial charge in [-0.1, -0.05) is 48.5 Å². The van der Waals surface area contributed by atoms with E-state index in [1.54, 1.807) is 24.3 Å². The van der Waals surface area contributed by atoms with Gasteiger partial charge in [0.2, 0.25) is 0 Å². The van der Waals surface area contributed by atoms with Crippen LogP contribution in [0.15, 0.2) is 65.8 Å². The van der Waals surface area contributed by atoms with Gasteiger partial charge in [-0.15, -0.1) is 0 Å². The first-order valence-corrected chi connectivity index (χ1v) is 8.36. The van der Waals surface area contributed by atoms with Crippen LogP contribution in [0.1, 0.15) is 28.8 Å². The summed E-state index contributed by atoms with van der Waals surface area (Å²) < 4.78 is 4.71. The fraction of sp³-hybridized carbons (Fsp3) is 0.250. The predicted molar refractivity (Wildman–Crippen MR) is 96.6 cm³/mol. The topological polar surface area (TPSA) is 79.2 Å². The van der Waals surface area contributed by atoms with E-state index in [0.29, 0.717) is 11.3 Å². The third-order valence-corrected chi connectivity index (χ3v) is 4.33. The summed E-state index contributed by atoms with van der Waals surface area (Å²) in [5, 5.41) is 16.3. The van der Waals surface area contributed by atoms with E-state index in [0.717, 1.165) is 5.56 Å². The molecule has 1 aliphatic heterocycles. The maximum atomic E-state index is 13.0. The van der Waals surface area contributed by atoms with E-state index in [-0.39, 0.29) is 18.7 Å². The zero-order valence-electron chi connectivity index (χ0n) is 14.4. The predicted octanol–water partition coefficient (Wildman–Crippen LogP) is 2.23. The Morgan fingerprint density at radius 2 is 1.73 bits per heavy atom. The highest BCUT2D eigenvalue weighted by Crippen LogP contribution is 2.24. The summed E-state index contributed by atoms with van der Waals surface area (Å²) in [7, 11) is 1.28. The number of hydrogen-bond acceptors (Lipinski definition) is 5. The van der Waals surface area contributed by atoms with Crippen LogP contribution in [0.2, 0.25) is 0 Å². The Hall–Kier alpha value is -2.99. The maximum absolute atomic E-state index is 13.0. The molecule has 0 bridgehead atoms. The minimum absolute atomic E-state index is 0.123. The Morgan fingerprint density at radius 1 is 1.12 bits per heavy atom. The molecule has 3 rings (SSSR count). The van der Waals surface area contributed by atoms with E-state index in [1.165, 1.54) is 12.1 Å². The quantitative estimate of drug-likeness (QED) is 0.856. The lowest BCUT2D eigenvalue weighted by atomic mass is 9.95. The van der Waals surface area contributed by atoms with Crippen LogP contribution < -0.4 is 0 Å². The highest BCUT2D eigenvalue weighted by molar-refractivity contribution is 6.03. The first-order chi connectivity index (χ1) is 12.6. The fourth-order valence-electron chi connectivity index (χ4n) is 2.93. The standard InChI is InChI=1S/C20H20N2O4/c1-26-19(24)13-17-18(23)12-16(14-8-4-2-5-9-14)21-22(17)20(25)15-10-6-3-7-11-15/h2-11,17-18,23H,12-13H2,1H3/t17-,18-/m1/s1.